The molecule has 1 nitrogen and oxygen atoms in total. The predicted octanol–water partition coefficient (Wildman–Crippen LogP) is 4.65. The van der Waals surface area contributed by atoms with E-state index in [0.717, 1.165) is 28.0 Å². The van der Waals surface area contributed by atoms with E-state index in [2.05, 4.69) is 6.92 Å². The van der Waals surface area contributed by atoms with Crippen LogP contribution in [-0.4, -0.2) is 11.5 Å². The Hall–Kier alpha value is -1.54. The van der Waals surface area contributed by atoms with Gasteiger partial charge in [-0.1, -0.05) is 25.1 Å². The summed E-state index contributed by atoms with van der Waals surface area (Å²) in [6.07, 6.45) is 0. The summed E-state index contributed by atoms with van der Waals surface area (Å²) >= 11 is 1.79. The maximum Gasteiger partial charge on any atom is 0.193 e. The van der Waals surface area contributed by atoms with Gasteiger partial charge in [-0.05, 0) is 55.0 Å². The van der Waals surface area contributed by atoms with Crippen molar-refractivity contribution < 1.29 is 4.79 Å². The third-order valence-corrected chi connectivity index (χ3v) is 4.17. The second-order valence-electron chi connectivity index (χ2n) is 4.53. The fourth-order valence-electron chi connectivity index (χ4n) is 2.02. The minimum absolute atomic E-state index is 0.106. The van der Waals surface area contributed by atoms with Gasteiger partial charge in [-0.25, -0.2) is 0 Å². The number of aryl methyl sites for hydroxylation is 1. The first kappa shape index (κ1) is 13.9. The van der Waals surface area contributed by atoms with Crippen LogP contribution >= 0.6 is 11.8 Å². The van der Waals surface area contributed by atoms with Gasteiger partial charge < -0.3 is 0 Å². The first-order chi connectivity index (χ1) is 9.13. The molecule has 0 atom stereocenters. The van der Waals surface area contributed by atoms with Crippen molar-refractivity contribution in [3.8, 4) is 0 Å². The molecule has 0 saturated carbocycles. The molecule has 0 unspecified atom stereocenters. The minimum atomic E-state index is 0.106. The lowest BCUT2D eigenvalue weighted by molar-refractivity contribution is 0.103. The first-order valence-corrected chi connectivity index (χ1v) is 7.46. The Morgan fingerprint density at radius 2 is 1.74 bits per heavy atom. The van der Waals surface area contributed by atoms with Crippen LogP contribution in [-0.2, 0) is 0 Å². The quantitative estimate of drug-likeness (QED) is 0.594. The van der Waals surface area contributed by atoms with Gasteiger partial charge in [0.2, 0.25) is 0 Å². The molecule has 2 aromatic carbocycles. The summed E-state index contributed by atoms with van der Waals surface area (Å²) in [5.74, 6) is 1.15. The zero-order valence-corrected chi connectivity index (χ0v) is 12.4. The molecule has 0 bridgehead atoms. The van der Waals surface area contributed by atoms with E-state index in [0.29, 0.717) is 0 Å². The largest absolute Gasteiger partial charge is 0.289 e. The Morgan fingerprint density at radius 3 is 2.37 bits per heavy atom. The molecule has 0 spiro atoms. The van der Waals surface area contributed by atoms with Crippen molar-refractivity contribution in [2.24, 2.45) is 0 Å². The molecule has 0 fully saturated rings. The van der Waals surface area contributed by atoms with Gasteiger partial charge in [0.1, 0.15) is 0 Å². The second-order valence-corrected chi connectivity index (χ2v) is 5.87. The van der Waals surface area contributed by atoms with Crippen LogP contribution in [0.3, 0.4) is 0 Å². The van der Waals surface area contributed by atoms with Crippen molar-refractivity contribution in [1.29, 1.82) is 0 Å². The minimum Gasteiger partial charge on any atom is -0.289 e. The number of hydrogen-bond acceptors (Lipinski definition) is 2. The molecule has 0 aromatic heterocycles. The van der Waals surface area contributed by atoms with Gasteiger partial charge in [-0.15, -0.1) is 11.8 Å². The van der Waals surface area contributed by atoms with Crippen LogP contribution in [0.5, 0.6) is 0 Å². The van der Waals surface area contributed by atoms with E-state index < -0.39 is 0 Å². The average Bonchev–Trinajstić information content (AvgIpc) is 2.42. The van der Waals surface area contributed by atoms with Crippen molar-refractivity contribution in [3.63, 3.8) is 0 Å². The fraction of sp³-hybridized carbons (Fsp3) is 0.235. The molecule has 0 heterocycles. The van der Waals surface area contributed by atoms with Crippen LogP contribution < -0.4 is 0 Å². The molecular formula is C17H18OS. The van der Waals surface area contributed by atoms with Gasteiger partial charge >= 0.3 is 0 Å². The fourth-order valence-corrected chi connectivity index (χ4v) is 2.68. The van der Waals surface area contributed by atoms with Crippen LogP contribution in [0.25, 0.3) is 0 Å². The Kier molecular flexibility index (Phi) is 4.43. The number of thioether (sulfide) groups is 1. The molecule has 0 aliphatic heterocycles. The van der Waals surface area contributed by atoms with E-state index >= 15 is 0 Å². The molecule has 19 heavy (non-hydrogen) atoms. The van der Waals surface area contributed by atoms with E-state index in [1.165, 1.54) is 4.90 Å². The summed E-state index contributed by atoms with van der Waals surface area (Å²) in [5.41, 5.74) is 3.79. The molecule has 0 saturated heterocycles. The second kappa shape index (κ2) is 6.07. The molecule has 0 N–H and O–H groups in total. The monoisotopic (exact) mass is 270 g/mol. The zero-order valence-electron chi connectivity index (χ0n) is 11.6. The molecule has 0 radical (unpaired) electrons. The highest BCUT2D eigenvalue weighted by atomic mass is 32.2. The van der Waals surface area contributed by atoms with Gasteiger partial charge in [-0.3, -0.25) is 4.79 Å². The number of hydrogen-bond donors (Lipinski definition) is 0. The topological polar surface area (TPSA) is 17.1 Å². The Morgan fingerprint density at radius 1 is 1.05 bits per heavy atom. The number of ketones is 1. The normalized spacial score (nSPS) is 10.5. The number of carbonyl (C=O) groups excluding carboxylic acids is 1. The third kappa shape index (κ3) is 3.07. The summed E-state index contributed by atoms with van der Waals surface area (Å²) in [7, 11) is 0. The van der Waals surface area contributed by atoms with E-state index in [-0.39, 0.29) is 5.78 Å². The van der Waals surface area contributed by atoms with Crippen molar-refractivity contribution in [1.82, 2.24) is 0 Å². The maximum atomic E-state index is 12.5. The van der Waals surface area contributed by atoms with E-state index in [1.807, 2.05) is 56.3 Å². The summed E-state index contributed by atoms with van der Waals surface area (Å²) in [4.78, 5) is 13.7. The van der Waals surface area contributed by atoms with Crippen molar-refractivity contribution >= 4 is 17.5 Å². The highest BCUT2D eigenvalue weighted by molar-refractivity contribution is 7.99. The highest BCUT2D eigenvalue weighted by Gasteiger charge is 2.12. The Balaban J connectivity index is 2.31. The molecule has 0 aliphatic rings. The Labute approximate surface area is 119 Å². The van der Waals surface area contributed by atoms with E-state index in [9.17, 15) is 4.79 Å². The van der Waals surface area contributed by atoms with Crippen molar-refractivity contribution in [2.45, 2.75) is 25.7 Å². The number of carbonyl (C=O) groups is 1. The first-order valence-electron chi connectivity index (χ1n) is 6.47. The van der Waals surface area contributed by atoms with Gasteiger partial charge in [0, 0.05) is 16.0 Å². The van der Waals surface area contributed by atoms with Gasteiger partial charge in [0.25, 0.3) is 0 Å². The van der Waals surface area contributed by atoms with Gasteiger partial charge in [0.15, 0.2) is 5.78 Å². The van der Waals surface area contributed by atoms with Gasteiger partial charge in [-0.2, -0.15) is 0 Å². The summed E-state index contributed by atoms with van der Waals surface area (Å²) in [6.45, 7) is 6.16. The molecular weight excluding hydrogens is 252 g/mol. The molecule has 2 aromatic rings. The summed E-state index contributed by atoms with van der Waals surface area (Å²) < 4.78 is 0. The third-order valence-electron chi connectivity index (χ3n) is 3.28. The van der Waals surface area contributed by atoms with Crippen LogP contribution in [0.4, 0.5) is 0 Å². The predicted molar refractivity (Wildman–Crippen MR) is 82.2 cm³/mol. The van der Waals surface area contributed by atoms with E-state index in [4.69, 9.17) is 0 Å². The summed E-state index contributed by atoms with van der Waals surface area (Å²) in [6, 6.07) is 13.8. The smallest absolute Gasteiger partial charge is 0.193 e. The molecule has 2 rings (SSSR count). The molecule has 0 amide bonds. The summed E-state index contributed by atoms with van der Waals surface area (Å²) in [5, 5.41) is 0. The van der Waals surface area contributed by atoms with Crippen molar-refractivity contribution in [2.75, 3.05) is 5.75 Å². The lowest BCUT2D eigenvalue weighted by Gasteiger charge is -2.08. The highest BCUT2D eigenvalue weighted by Crippen LogP contribution is 2.21. The Bertz CT molecular complexity index is 585. The number of rotatable bonds is 4. The van der Waals surface area contributed by atoms with Crippen molar-refractivity contribution in [3.05, 3.63) is 64.7 Å². The maximum absolute atomic E-state index is 12.5. The van der Waals surface area contributed by atoms with Crippen LogP contribution in [0.2, 0.25) is 0 Å². The lowest BCUT2D eigenvalue weighted by atomic mass is 9.96. The zero-order chi connectivity index (χ0) is 13.8. The molecule has 0 aliphatic carbocycles. The standard InChI is InChI=1S/C17H18OS/c1-4-19-15-10-8-14(9-11-15)17(18)16-7-5-6-12(2)13(16)3/h5-11H,4H2,1-3H3. The average molecular weight is 270 g/mol. The van der Waals surface area contributed by atoms with Crippen LogP contribution in [0.15, 0.2) is 47.4 Å². The SMILES string of the molecule is CCSc1ccc(C(=O)c2cccc(C)c2C)cc1. The van der Waals surface area contributed by atoms with E-state index in [1.54, 1.807) is 11.8 Å². The van der Waals surface area contributed by atoms with Crippen LogP contribution in [0.1, 0.15) is 34.0 Å². The molecule has 2 heteroatoms. The lowest BCUT2D eigenvalue weighted by Crippen LogP contribution is -2.04. The van der Waals surface area contributed by atoms with Gasteiger partial charge in [0.05, 0.1) is 0 Å². The molecule has 98 valence electrons. The van der Waals surface area contributed by atoms with Crippen LogP contribution in [0, 0.1) is 13.8 Å². The number of benzene rings is 2.